The smallest absolute Gasteiger partial charge is 0.180 e. The first kappa shape index (κ1) is 15.4. The fourth-order valence-electron chi connectivity index (χ4n) is 2.02. The predicted molar refractivity (Wildman–Crippen MR) is 84.0 cm³/mol. The summed E-state index contributed by atoms with van der Waals surface area (Å²) in [6.07, 6.45) is 3.13. The maximum absolute atomic E-state index is 10.3. The Balaban J connectivity index is 2.20. The molecule has 2 heterocycles. The molecule has 5 nitrogen and oxygen atoms in total. The summed E-state index contributed by atoms with van der Waals surface area (Å²) in [5, 5.41) is 13.5. The molecule has 0 amide bonds. The van der Waals surface area contributed by atoms with Gasteiger partial charge in [0.1, 0.15) is 11.5 Å². The lowest BCUT2D eigenvalue weighted by atomic mass is 9.98. The van der Waals surface area contributed by atoms with Crippen molar-refractivity contribution in [2.45, 2.75) is 39.2 Å². The van der Waals surface area contributed by atoms with E-state index in [2.05, 4.69) is 20.3 Å². The zero-order valence-corrected chi connectivity index (χ0v) is 12.8. The summed E-state index contributed by atoms with van der Waals surface area (Å²) in [7, 11) is 0. The molecule has 0 unspecified atom stereocenters. The zero-order valence-electron chi connectivity index (χ0n) is 12.8. The fourth-order valence-corrected chi connectivity index (χ4v) is 2.02. The normalized spacial score (nSPS) is 11.4. The highest BCUT2D eigenvalue weighted by Gasteiger charge is 2.22. The summed E-state index contributed by atoms with van der Waals surface area (Å²) in [4.78, 5) is 13.2. The lowest BCUT2D eigenvalue weighted by molar-refractivity contribution is 0.0456. The van der Waals surface area contributed by atoms with Gasteiger partial charge in [0.05, 0.1) is 5.60 Å². The van der Waals surface area contributed by atoms with Crippen LogP contribution in [0.5, 0.6) is 0 Å². The van der Waals surface area contributed by atoms with E-state index in [-0.39, 0.29) is 0 Å². The minimum atomic E-state index is -0.704. The number of rotatable bonds is 6. The molecule has 0 aliphatic carbocycles. The van der Waals surface area contributed by atoms with Crippen molar-refractivity contribution < 1.29 is 5.11 Å². The quantitative estimate of drug-likeness (QED) is 0.854. The molecule has 0 atom stereocenters. The second-order valence-electron chi connectivity index (χ2n) is 5.22. The SMILES string of the molecule is CCC(O)(CC)CNc1cc(C)nc(-c2ccccn2)n1. The largest absolute Gasteiger partial charge is 0.388 e. The van der Waals surface area contributed by atoms with Crippen LogP contribution in [0.2, 0.25) is 0 Å². The summed E-state index contributed by atoms with van der Waals surface area (Å²) < 4.78 is 0. The van der Waals surface area contributed by atoms with E-state index >= 15 is 0 Å². The first-order chi connectivity index (χ1) is 10.1. The maximum atomic E-state index is 10.3. The van der Waals surface area contributed by atoms with E-state index in [1.54, 1.807) is 6.20 Å². The molecule has 21 heavy (non-hydrogen) atoms. The van der Waals surface area contributed by atoms with E-state index in [1.165, 1.54) is 0 Å². The molecule has 2 aromatic heterocycles. The molecule has 5 heteroatoms. The molecule has 0 aliphatic rings. The van der Waals surface area contributed by atoms with Crippen molar-refractivity contribution in [2.75, 3.05) is 11.9 Å². The molecule has 2 N–H and O–H groups in total. The van der Waals surface area contributed by atoms with Crippen molar-refractivity contribution in [3.05, 3.63) is 36.2 Å². The molecule has 0 aliphatic heterocycles. The van der Waals surface area contributed by atoms with Gasteiger partial charge in [0.25, 0.3) is 0 Å². The van der Waals surface area contributed by atoms with Crippen molar-refractivity contribution in [2.24, 2.45) is 0 Å². The van der Waals surface area contributed by atoms with Crippen LogP contribution in [0.25, 0.3) is 11.5 Å². The van der Waals surface area contributed by atoms with Crippen molar-refractivity contribution in [3.8, 4) is 11.5 Å². The predicted octanol–water partition coefficient (Wildman–Crippen LogP) is 2.81. The van der Waals surface area contributed by atoms with Crippen LogP contribution < -0.4 is 5.32 Å². The monoisotopic (exact) mass is 286 g/mol. The van der Waals surface area contributed by atoms with Crippen molar-refractivity contribution in [1.29, 1.82) is 0 Å². The van der Waals surface area contributed by atoms with Crippen LogP contribution in [0.4, 0.5) is 5.82 Å². The Morgan fingerprint density at radius 2 is 1.95 bits per heavy atom. The number of anilines is 1. The molecule has 0 saturated carbocycles. The molecule has 2 rings (SSSR count). The molecule has 112 valence electrons. The van der Waals surface area contributed by atoms with Gasteiger partial charge >= 0.3 is 0 Å². The summed E-state index contributed by atoms with van der Waals surface area (Å²) in [6, 6.07) is 7.53. The summed E-state index contributed by atoms with van der Waals surface area (Å²) in [6.45, 7) is 6.36. The minimum absolute atomic E-state index is 0.470. The topological polar surface area (TPSA) is 70.9 Å². The Morgan fingerprint density at radius 1 is 1.19 bits per heavy atom. The van der Waals surface area contributed by atoms with Gasteiger partial charge in [-0.3, -0.25) is 4.98 Å². The molecule has 0 spiro atoms. The highest BCUT2D eigenvalue weighted by atomic mass is 16.3. The van der Waals surface area contributed by atoms with Crippen LogP contribution in [-0.4, -0.2) is 32.2 Å². The molecule has 0 aromatic carbocycles. The van der Waals surface area contributed by atoms with E-state index in [1.807, 2.05) is 45.0 Å². The van der Waals surface area contributed by atoms with E-state index in [4.69, 9.17) is 0 Å². The minimum Gasteiger partial charge on any atom is -0.388 e. The third-order valence-electron chi connectivity index (χ3n) is 3.66. The second-order valence-corrected chi connectivity index (χ2v) is 5.22. The van der Waals surface area contributed by atoms with Gasteiger partial charge in [0.15, 0.2) is 5.82 Å². The molecule has 2 aromatic rings. The van der Waals surface area contributed by atoms with Crippen LogP contribution in [-0.2, 0) is 0 Å². The lowest BCUT2D eigenvalue weighted by Gasteiger charge is -2.25. The number of pyridine rings is 1. The maximum Gasteiger partial charge on any atom is 0.180 e. The number of nitrogens with one attached hydrogen (secondary N) is 1. The number of nitrogens with zero attached hydrogens (tertiary/aromatic N) is 3. The number of hydrogen-bond donors (Lipinski definition) is 2. The fraction of sp³-hybridized carbons (Fsp3) is 0.438. The third kappa shape index (κ3) is 3.98. The first-order valence-corrected chi connectivity index (χ1v) is 7.29. The second kappa shape index (κ2) is 6.63. The number of aliphatic hydroxyl groups is 1. The molecule has 0 radical (unpaired) electrons. The average molecular weight is 286 g/mol. The lowest BCUT2D eigenvalue weighted by Crippen LogP contribution is -2.35. The Hall–Kier alpha value is -2.01. The van der Waals surface area contributed by atoms with Crippen LogP contribution in [0.3, 0.4) is 0 Å². The molecule has 0 bridgehead atoms. The highest BCUT2D eigenvalue weighted by Crippen LogP contribution is 2.18. The Kier molecular flexibility index (Phi) is 4.85. The van der Waals surface area contributed by atoms with Crippen LogP contribution >= 0.6 is 0 Å². The number of aryl methyl sites for hydroxylation is 1. The Morgan fingerprint density at radius 3 is 2.57 bits per heavy atom. The zero-order chi connectivity index (χ0) is 15.3. The first-order valence-electron chi connectivity index (χ1n) is 7.29. The van der Waals surface area contributed by atoms with Crippen molar-refractivity contribution >= 4 is 5.82 Å². The van der Waals surface area contributed by atoms with E-state index in [0.717, 1.165) is 11.4 Å². The van der Waals surface area contributed by atoms with Gasteiger partial charge < -0.3 is 10.4 Å². The van der Waals surface area contributed by atoms with Gasteiger partial charge in [-0.1, -0.05) is 19.9 Å². The van der Waals surface area contributed by atoms with Gasteiger partial charge in [-0.05, 0) is 31.9 Å². The summed E-state index contributed by atoms with van der Waals surface area (Å²) >= 11 is 0. The molecular formula is C16H22N4O. The van der Waals surface area contributed by atoms with Crippen molar-refractivity contribution in [1.82, 2.24) is 15.0 Å². The molecule has 0 saturated heterocycles. The number of aromatic nitrogens is 3. The Labute approximate surface area is 125 Å². The third-order valence-corrected chi connectivity index (χ3v) is 3.66. The van der Waals surface area contributed by atoms with Crippen molar-refractivity contribution in [3.63, 3.8) is 0 Å². The highest BCUT2D eigenvalue weighted by molar-refractivity contribution is 5.52. The van der Waals surface area contributed by atoms with Crippen LogP contribution in [0.1, 0.15) is 32.4 Å². The summed E-state index contributed by atoms with van der Waals surface area (Å²) in [5.41, 5.74) is 0.902. The van der Waals surface area contributed by atoms with E-state index < -0.39 is 5.60 Å². The standard InChI is InChI=1S/C16H22N4O/c1-4-16(21,5-2)11-18-14-10-12(3)19-15(20-14)13-8-6-7-9-17-13/h6-10,21H,4-5,11H2,1-3H3,(H,18,19,20). The molecular weight excluding hydrogens is 264 g/mol. The van der Waals surface area contributed by atoms with Crippen LogP contribution in [0.15, 0.2) is 30.5 Å². The number of hydrogen-bond acceptors (Lipinski definition) is 5. The Bertz CT molecular complexity index is 582. The summed E-state index contributed by atoms with van der Waals surface area (Å²) in [5.74, 6) is 1.30. The van der Waals surface area contributed by atoms with E-state index in [0.29, 0.717) is 31.0 Å². The van der Waals surface area contributed by atoms with Gasteiger partial charge in [-0.25, -0.2) is 9.97 Å². The van der Waals surface area contributed by atoms with Gasteiger partial charge in [0, 0.05) is 24.5 Å². The van der Waals surface area contributed by atoms with E-state index in [9.17, 15) is 5.11 Å². The van der Waals surface area contributed by atoms with Crippen LogP contribution in [0, 0.1) is 6.92 Å². The molecule has 0 fully saturated rings. The average Bonchev–Trinajstić information content (AvgIpc) is 2.53. The van der Waals surface area contributed by atoms with Gasteiger partial charge in [-0.2, -0.15) is 0 Å². The van der Waals surface area contributed by atoms with Gasteiger partial charge in [0.2, 0.25) is 0 Å². The van der Waals surface area contributed by atoms with Gasteiger partial charge in [-0.15, -0.1) is 0 Å².